The van der Waals surface area contributed by atoms with Crippen molar-refractivity contribution in [3.05, 3.63) is 11.4 Å². The largest absolute Gasteiger partial charge is 0.356 e. The molecule has 6 heteroatoms. The van der Waals surface area contributed by atoms with Crippen LogP contribution in [-0.2, 0) is 0 Å². The first kappa shape index (κ1) is 11.7. The number of thiophene rings is 1. The number of nitrogen functional groups attached to an aromatic ring is 1. The number of nitrogens with two attached hydrogens (primary N) is 1. The number of rotatable bonds is 3. The third kappa shape index (κ3) is 1.91. The van der Waals surface area contributed by atoms with Gasteiger partial charge in [0.25, 0.3) is 0 Å². The van der Waals surface area contributed by atoms with Crippen molar-refractivity contribution in [2.45, 2.75) is 19.8 Å². The average molecular weight is 263 g/mol. The summed E-state index contributed by atoms with van der Waals surface area (Å²) in [6.45, 7) is 4.41. The molecular formula is C12H17N5S. The van der Waals surface area contributed by atoms with Crippen LogP contribution in [0, 0.1) is 5.92 Å². The molecule has 1 saturated heterocycles. The summed E-state index contributed by atoms with van der Waals surface area (Å²) in [5, 5.41) is 3.19. The van der Waals surface area contributed by atoms with E-state index in [2.05, 4.69) is 38.7 Å². The number of hydrogen-bond acceptors (Lipinski definition) is 6. The highest BCUT2D eigenvalue weighted by Gasteiger charge is 2.24. The molecule has 1 aliphatic heterocycles. The van der Waals surface area contributed by atoms with Crippen LogP contribution in [-0.4, -0.2) is 23.1 Å². The smallest absolute Gasteiger partial charge is 0.240 e. The molecule has 1 aliphatic rings. The van der Waals surface area contributed by atoms with E-state index in [1.165, 1.54) is 12.8 Å². The molecule has 2 aromatic rings. The van der Waals surface area contributed by atoms with Gasteiger partial charge in [0, 0.05) is 13.1 Å². The normalized spacial score (nSPS) is 19.7. The molecule has 18 heavy (non-hydrogen) atoms. The fourth-order valence-electron chi connectivity index (χ4n) is 2.50. The van der Waals surface area contributed by atoms with Crippen molar-refractivity contribution in [2.75, 3.05) is 23.4 Å². The topological polar surface area (TPSA) is 67.1 Å². The summed E-state index contributed by atoms with van der Waals surface area (Å²) in [7, 11) is 0. The minimum Gasteiger partial charge on any atom is -0.356 e. The van der Waals surface area contributed by atoms with E-state index in [0.717, 1.165) is 35.0 Å². The number of hydrazine groups is 1. The van der Waals surface area contributed by atoms with E-state index in [-0.39, 0.29) is 0 Å². The van der Waals surface area contributed by atoms with E-state index in [9.17, 15) is 0 Å². The summed E-state index contributed by atoms with van der Waals surface area (Å²) in [6.07, 6.45) is 2.48. The van der Waals surface area contributed by atoms with Crippen LogP contribution in [0.1, 0.15) is 19.8 Å². The van der Waals surface area contributed by atoms with Gasteiger partial charge in [-0.3, -0.25) is 5.43 Å². The molecule has 1 atom stereocenters. The summed E-state index contributed by atoms with van der Waals surface area (Å²) >= 11 is 1.62. The molecule has 3 heterocycles. The van der Waals surface area contributed by atoms with Crippen LogP contribution in [0.25, 0.3) is 10.2 Å². The van der Waals surface area contributed by atoms with Crippen molar-refractivity contribution in [1.29, 1.82) is 0 Å². The van der Waals surface area contributed by atoms with E-state index in [4.69, 9.17) is 5.84 Å². The second-order valence-corrected chi connectivity index (χ2v) is 5.56. The van der Waals surface area contributed by atoms with Crippen LogP contribution in [0.4, 0.5) is 11.8 Å². The molecule has 3 rings (SSSR count). The van der Waals surface area contributed by atoms with Gasteiger partial charge in [-0.15, -0.1) is 11.3 Å². The van der Waals surface area contributed by atoms with Gasteiger partial charge in [0.2, 0.25) is 5.95 Å². The molecular weight excluding hydrogens is 246 g/mol. The predicted octanol–water partition coefficient (Wildman–Crippen LogP) is 2.21. The Morgan fingerprint density at radius 3 is 3.17 bits per heavy atom. The Morgan fingerprint density at radius 1 is 1.56 bits per heavy atom. The van der Waals surface area contributed by atoms with Crippen molar-refractivity contribution < 1.29 is 0 Å². The Kier molecular flexibility index (Phi) is 3.05. The third-order valence-corrected chi connectivity index (χ3v) is 4.40. The number of hydrogen-bond donors (Lipinski definition) is 2. The maximum atomic E-state index is 5.44. The van der Waals surface area contributed by atoms with Crippen molar-refractivity contribution in [3.63, 3.8) is 0 Å². The predicted molar refractivity (Wildman–Crippen MR) is 75.8 cm³/mol. The molecule has 0 aromatic carbocycles. The van der Waals surface area contributed by atoms with Crippen LogP contribution in [0.5, 0.6) is 0 Å². The monoisotopic (exact) mass is 263 g/mol. The zero-order chi connectivity index (χ0) is 12.5. The van der Waals surface area contributed by atoms with Gasteiger partial charge in [0.05, 0.1) is 5.39 Å². The maximum Gasteiger partial charge on any atom is 0.240 e. The van der Waals surface area contributed by atoms with Gasteiger partial charge in [-0.25, -0.2) is 10.8 Å². The first-order chi connectivity index (χ1) is 8.81. The number of nitrogens with zero attached hydrogens (tertiary/aromatic N) is 3. The second kappa shape index (κ2) is 4.70. The lowest BCUT2D eigenvalue weighted by molar-refractivity contribution is 0.569. The summed E-state index contributed by atoms with van der Waals surface area (Å²) in [4.78, 5) is 12.2. The summed E-state index contributed by atoms with van der Waals surface area (Å²) < 4.78 is 0. The average Bonchev–Trinajstić information content (AvgIpc) is 3.05. The van der Waals surface area contributed by atoms with Crippen LogP contribution >= 0.6 is 11.3 Å². The molecule has 0 amide bonds. The molecule has 0 aliphatic carbocycles. The first-order valence-electron chi connectivity index (χ1n) is 6.28. The Labute approximate surface area is 110 Å². The minimum atomic E-state index is 0.500. The van der Waals surface area contributed by atoms with Crippen LogP contribution < -0.4 is 16.2 Å². The Hall–Kier alpha value is -1.40. The van der Waals surface area contributed by atoms with E-state index in [1.54, 1.807) is 11.3 Å². The van der Waals surface area contributed by atoms with Crippen molar-refractivity contribution in [1.82, 2.24) is 9.97 Å². The van der Waals surface area contributed by atoms with Gasteiger partial charge < -0.3 is 4.90 Å². The number of anilines is 2. The first-order valence-corrected chi connectivity index (χ1v) is 7.16. The van der Waals surface area contributed by atoms with Gasteiger partial charge in [-0.05, 0) is 23.8 Å². The highest BCUT2D eigenvalue weighted by atomic mass is 32.1. The SMILES string of the molecule is CCC1CCN(c2nc(NN)nc3sccc23)C1. The quantitative estimate of drug-likeness (QED) is 0.656. The number of aromatic nitrogens is 2. The molecule has 2 aromatic heterocycles. The fraction of sp³-hybridized carbons (Fsp3) is 0.500. The maximum absolute atomic E-state index is 5.44. The molecule has 0 spiro atoms. The number of nitrogens with one attached hydrogen (secondary N) is 1. The summed E-state index contributed by atoms with van der Waals surface area (Å²) in [5.41, 5.74) is 2.56. The van der Waals surface area contributed by atoms with E-state index < -0.39 is 0 Å². The molecule has 96 valence electrons. The zero-order valence-electron chi connectivity index (χ0n) is 10.4. The van der Waals surface area contributed by atoms with Crippen molar-refractivity contribution in [3.8, 4) is 0 Å². The molecule has 3 N–H and O–H groups in total. The molecule has 1 unspecified atom stereocenters. The van der Waals surface area contributed by atoms with Gasteiger partial charge in [0.1, 0.15) is 10.6 Å². The molecule has 0 saturated carbocycles. The number of fused-ring (bicyclic) bond motifs is 1. The lowest BCUT2D eigenvalue weighted by atomic mass is 10.1. The molecule has 5 nitrogen and oxygen atoms in total. The molecule has 0 bridgehead atoms. The lowest BCUT2D eigenvalue weighted by Crippen LogP contribution is -2.22. The van der Waals surface area contributed by atoms with E-state index in [1.807, 2.05) is 0 Å². The molecule has 1 fully saturated rings. The Morgan fingerprint density at radius 2 is 2.44 bits per heavy atom. The summed E-state index contributed by atoms with van der Waals surface area (Å²) in [5.74, 6) is 7.74. The van der Waals surface area contributed by atoms with Crippen LogP contribution in [0.3, 0.4) is 0 Å². The van der Waals surface area contributed by atoms with Gasteiger partial charge in [0.15, 0.2) is 0 Å². The standard InChI is InChI=1S/C12H17N5S/c1-2-8-3-5-17(7-8)10-9-4-6-18-11(9)15-12(14-10)16-13/h4,6,8H,2-3,5,7,13H2,1H3,(H,14,15,16). The van der Waals surface area contributed by atoms with Crippen LogP contribution in [0.2, 0.25) is 0 Å². The van der Waals surface area contributed by atoms with Crippen molar-refractivity contribution in [2.24, 2.45) is 11.8 Å². The van der Waals surface area contributed by atoms with Gasteiger partial charge >= 0.3 is 0 Å². The van der Waals surface area contributed by atoms with Gasteiger partial charge in [-0.2, -0.15) is 4.98 Å². The Balaban J connectivity index is 2.02. The minimum absolute atomic E-state index is 0.500. The highest BCUT2D eigenvalue weighted by Crippen LogP contribution is 2.32. The zero-order valence-corrected chi connectivity index (χ0v) is 11.2. The molecule has 0 radical (unpaired) electrons. The van der Waals surface area contributed by atoms with E-state index >= 15 is 0 Å². The van der Waals surface area contributed by atoms with Crippen molar-refractivity contribution >= 4 is 33.3 Å². The van der Waals surface area contributed by atoms with Crippen LogP contribution in [0.15, 0.2) is 11.4 Å². The fourth-order valence-corrected chi connectivity index (χ4v) is 3.26. The second-order valence-electron chi connectivity index (χ2n) is 4.66. The Bertz CT molecular complexity index is 552. The summed E-state index contributed by atoms with van der Waals surface area (Å²) in [6, 6.07) is 2.09. The lowest BCUT2D eigenvalue weighted by Gasteiger charge is -2.18. The third-order valence-electron chi connectivity index (χ3n) is 3.60. The van der Waals surface area contributed by atoms with E-state index in [0.29, 0.717) is 5.95 Å². The highest BCUT2D eigenvalue weighted by molar-refractivity contribution is 7.16. The van der Waals surface area contributed by atoms with Gasteiger partial charge in [-0.1, -0.05) is 13.3 Å².